The number of aryl methyl sites for hydroxylation is 2. The number of carbonyl (C=O) groups excluding carboxylic acids is 1. The number of H-pyrrole nitrogens is 1. The summed E-state index contributed by atoms with van der Waals surface area (Å²) in [6, 6.07) is 7.31. The predicted octanol–water partition coefficient (Wildman–Crippen LogP) is 3.49. The number of halogens is 1. The van der Waals surface area contributed by atoms with Crippen LogP contribution in [0.4, 0.5) is 10.1 Å². The van der Waals surface area contributed by atoms with Crippen LogP contribution >= 0.6 is 0 Å². The molecule has 5 aromatic rings. The minimum absolute atomic E-state index is 0.0821. The zero-order valence-electron chi connectivity index (χ0n) is 21.4. The Kier molecular flexibility index (Phi) is 5.68. The van der Waals surface area contributed by atoms with Crippen LogP contribution in [0.3, 0.4) is 0 Å². The fraction of sp³-hybridized carbons (Fsp3) is 0.333. The van der Waals surface area contributed by atoms with Gasteiger partial charge in [-0.2, -0.15) is 4.39 Å². The lowest BCUT2D eigenvalue weighted by Crippen LogP contribution is -2.28. The maximum atomic E-state index is 15.0. The fourth-order valence-corrected chi connectivity index (χ4v) is 5.70. The Labute approximate surface area is 216 Å². The van der Waals surface area contributed by atoms with Gasteiger partial charge in [0.15, 0.2) is 0 Å². The van der Waals surface area contributed by atoms with Gasteiger partial charge in [-0.05, 0) is 30.5 Å². The molecule has 11 heteroatoms. The van der Waals surface area contributed by atoms with Crippen molar-refractivity contribution in [1.82, 2.24) is 28.9 Å². The highest BCUT2D eigenvalue weighted by molar-refractivity contribution is 6.14. The topological polar surface area (TPSA) is 114 Å². The summed E-state index contributed by atoms with van der Waals surface area (Å²) in [5, 5.41) is 13.9. The van der Waals surface area contributed by atoms with Gasteiger partial charge >= 0.3 is 5.69 Å². The Bertz CT molecular complexity index is 1750. The normalized spacial score (nSPS) is 14.2. The van der Waals surface area contributed by atoms with Crippen molar-refractivity contribution in [2.24, 2.45) is 14.1 Å². The molecule has 196 valence electrons. The number of anilines is 1. The van der Waals surface area contributed by atoms with Gasteiger partial charge < -0.3 is 15.0 Å². The number of carbonyl (C=O) groups is 1. The number of rotatable bonds is 5. The summed E-state index contributed by atoms with van der Waals surface area (Å²) in [4.78, 5) is 34.8. The van der Waals surface area contributed by atoms with E-state index in [0.717, 1.165) is 42.1 Å². The van der Waals surface area contributed by atoms with Crippen LogP contribution in [0.1, 0.15) is 31.7 Å². The highest BCUT2D eigenvalue weighted by atomic mass is 19.1. The number of likely N-dealkylation sites (N-methyl/N-ethyl adjacent to an activating group) is 1. The average molecular weight is 518 g/mol. The van der Waals surface area contributed by atoms with E-state index in [2.05, 4.69) is 15.1 Å². The molecule has 1 aliphatic rings. The van der Waals surface area contributed by atoms with Crippen molar-refractivity contribution in [2.45, 2.75) is 31.7 Å². The molecule has 2 N–H and O–H groups in total. The van der Waals surface area contributed by atoms with Gasteiger partial charge in [-0.15, -0.1) is 5.10 Å². The first-order chi connectivity index (χ1) is 18.3. The summed E-state index contributed by atoms with van der Waals surface area (Å²) in [6.07, 6.45) is 7.27. The van der Waals surface area contributed by atoms with Crippen LogP contribution in [0.5, 0.6) is 0 Å². The Morgan fingerprint density at radius 1 is 1.21 bits per heavy atom. The lowest BCUT2D eigenvalue weighted by Gasteiger charge is -2.16. The van der Waals surface area contributed by atoms with Gasteiger partial charge in [0.1, 0.15) is 12.3 Å². The maximum Gasteiger partial charge on any atom is 0.329 e. The van der Waals surface area contributed by atoms with Crippen LogP contribution in [0.2, 0.25) is 0 Å². The molecule has 10 nitrogen and oxygen atoms in total. The first-order valence-corrected chi connectivity index (χ1v) is 12.6. The number of aromatic nitrogens is 6. The number of nitrogens with zero attached hydrogens (tertiary/aromatic N) is 6. The lowest BCUT2D eigenvalue weighted by molar-refractivity contribution is -0.120. The fourth-order valence-electron chi connectivity index (χ4n) is 5.70. The minimum atomic E-state index is -0.623. The summed E-state index contributed by atoms with van der Waals surface area (Å²) >= 11 is 0. The second-order valence-electron chi connectivity index (χ2n) is 9.91. The number of aromatic amines is 1. The van der Waals surface area contributed by atoms with Gasteiger partial charge in [0.25, 0.3) is 5.91 Å². The maximum absolute atomic E-state index is 15.0. The van der Waals surface area contributed by atoms with Crippen LogP contribution in [0.25, 0.3) is 44.5 Å². The largest absolute Gasteiger partial charge is 0.387 e. The Morgan fingerprint density at radius 2 is 1.92 bits per heavy atom. The molecule has 38 heavy (non-hydrogen) atoms. The van der Waals surface area contributed by atoms with E-state index in [1.165, 1.54) is 9.58 Å². The molecular weight excluding hydrogens is 489 g/mol. The van der Waals surface area contributed by atoms with Crippen LogP contribution in [-0.2, 0) is 18.9 Å². The van der Waals surface area contributed by atoms with E-state index in [9.17, 15) is 14.7 Å². The first kappa shape index (κ1) is 24.1. The van der Waals surface area contributed by atoms with Crippen molar-refractivity contribution < 1.29 is 14.3 Å². The number of fused-ring (bicyclic) bond motifs is 3. The minimum Gasteiger partial charge on any atom is -0.387 e. The number of hydrogen-bond donors (Lipinski definition) is 2. The molecule has 6 rings (SSSR count). The summed E-state index contributed by atoms with van der Waals surface area (Å²) in [5.41, 5.74) is 4.78. The Balaban J connectivity index is 1.68. The summed E-state index contributed by atoms with van der Waals surface area (Å²) < 4.78 is 19.9. The molecule has 1 aromatic carbocycles. The number of benzene rings is 1. The number of pyridine rings is 1. The molecule has 0 saturated heterocycles. The third-order valence-corrected chi connectivity index (χ3v) is 7.67. The molecule has 0 atom stereocenters. The first-order valence-electron chi connectivity index (χ1n) is 12.6. The quantitative estimate of drug-likeness (QED) is 0.371. The van der Waals surface area contributed by atoms with Crippen LogP contribution < -0.4 is 10.6 Å². The van der Waals surface area contributed by atoms with Gasteiger partial charge in [0, 0.05) is 44.6 Å². The third kappa shape index (κ3) is 3.57. The van der Waals surface area contributed by atoms with Gasteiger partial charge in [0.2, 0.25) is 5.95 Å². The summed E-state index contributed by atoms with van der Waals surface area (Å²) in [7, 11) is 5.00. The SMILES string of the molecule is CN(C(=O)CO)c1ccc(-c2c(-c3cn(C)nc3F)[nH]c3ncc4c(c23)n(C2CCCC2)c(=O)n4C)cc1. The lowest BCUT2D eigenvalue weighted by atomic mass is 9.99. The number of nitrogens with one attached hydrogen (secondary N) is 1. The van der Waals surface area contributed by atoms with E-state index in [-0.39, 0.29) is 17.3 Å². The molecule has 0 aliphatic heterocycles. The smallest absolute Gasteiger partial charge is 0.329 e. The van der Waals surface area contributed by atoms with E-state index in [1.807, 2.05) is 16.7 Å². The number of imidazole rings is 1. The van der Waals surface area contributed by atoms with E-state index >= 15 is 4.39 Å². The van der Waals surface area contributed by atoms with Crippen molar-refractivity contribution in [3.8, 4) is 22.4 Å². The zero-order valence-corrected chi connectivity index (χ0v) is 21.4. The second kappa shape index (κ2) is 8.95. The van der Waals surface area contributed by atoms with E-state index in [4.69, 9.17) is 0 Å². The highest BCUT2D eigenvalue weighted by Gasteiger charge is 2.28. The molecule has 1 saturated carbocycles. The standard InChI is InChI=1S/C27H28FN7O3/c1-32-13-18(25(28)31-32)23-21(15-8-10-16(11-9-15)33(2)20(37)14-36)22-24-19(12-29-26(22)30-23)34(3)27(38)35(24)17-6-4-5-7-17/h8-13,17,36H,4-7,14H2,1-3H3,(H,29,30). The number of aliphatic hydroxyl groups is 1. The molecular formula is C27H28FN7O3. The van der Waals surface area contributed by atoms with Crippen molar-refractivity contribution in [1.29, 1.82) is 0 Å². The molecule has 0 spiro atoms. The highest BCUT2D eigenvalue weighted by Crippen LogP contribution is 2.43. The molecule has 4 aromatic heterocycles. The number of aliphatic hydroxyl groups excluding tert-OH is 1. The molecule has 1 fully saturated rings. The van der Waals surface area contributed by atoms with Gasteiger partial charge in [0.05, 0.1) is 33.9 Å². The van der Waals surface area contributed by atoms with Crippen molar-refractivity contribution in [3.05, 3.63) is 53.1 Å². The second-order valence-corrected chi connectivity index (χ2v) is 9.91. The zero-order chi connectivity index (χ0) is 26.7. The number of hydrogen-bond acceptors (Lipinski definition) is 5. The van der Waals surface area contributed by atoms with Gasteiger partial charge in [-0.25, -0.2) is 9.78 Å². The Hall–Kier alpha value is -4.25. The predicted molar refractivity (Wildman–Crippen MR) is 142 cm³/mol. The van der Waals surface area contributed by atoms with E-state index in [1.54, 1.807) is 50.2 Å². The molecule has 0 radical (unpaired) electrons. The van der Waals surface area contributed by atoms with E-state index in [0.29, 0.717) is 28.1 Å². The van der Waals surface area contributed by atoms with Crippen LogP contribution in [-0.4, -0.2) is 53.6 Å². The van der Waals surface area contributed by atoms with E-state index < -0.39 is 18.5 Å². The van der Waals surface area contributed by atoms with Crippen LogP contribution in [0, 0.1) is 5.95 Å². The van der Waals surface area contributed by atoms with Crippen molar-refractivity contribution in [2.75, 3.05) is 18.6 Å². The van der Waals surface area contributed by atoms with Gasteiger partial charge in [-0.3, -0.25) is 18.6 Å². The molecule has 4 heterocycles. The van der Waals surface area contributed by atoms with Crippen LogP contribution in [0.15, 0.2) is 41.5 Å². The third-order valence-electron chi connectivity index (χ3n) is 7.67. The number of amides is 1. The summed E-state index contributed by atoms with van der Waals surface area (Å²) in [6.45, 7) is -0.596. The molecule has 1 aliphatic carbocycles. The average Bonchev–Trinajstić information content (AvgIpc) is 3.69. The monoisotopic (exact) mass is 517 g/mol. The molecule has 1 amide bonds. The van der Waals surface area contributed by atoms with Crippen molar-refractivity contribution >= 4 is 33.7 Å². The molecule has 0 bridgehead atoms. The molecule has 0 unspecified atom stereocenters. The van der Waals surface area contributed by atoms with Crippen molar-refractivity contribution in [3.63, 3.8) is 0 Å². The Morgan fingerprint density at radius 3 is 2.55 bits per heavy atom. The van der Waals surface area contributed by atoms with Gasteiger partial charge in [-0.1, -0.05) is 25.0 Å². The summed E-state index contributed by atoms with van der Waals surface area (Å²) in [5.74, 6) is -1.05.